The maximum Gasteiger partial charge on any atom is 0.244 e. The highest BCUT2D eigenvalue weighted by Gasteiger charge is 2.23. The summed E-state index contributed by atoms with van der Waals surface area (Å²) in [4.78, 5) is 4.40. The van der Waals surface area contributed by atoms with E-state index in [9.17, 15) is 0 Å². The van der Waals surface area contributed by atoms with Gasteiger partial charge in [0.1, 0.15) is 5.76 Å². The monoisotopic (exact) mass is 219 g/mol. The van der Waals surface area contributed by atoms with E-state index in [1.54, 1.807) is 6.26 Å². The first kappa shape index (κ1) is 9.59. The van der Waals surface area contributed by atoms with Crippen molar-refractivity contribution >= 4 is 0 Å². The fraction of sp³-hybridized carbons (Fsp3) is 0.455. The van der Waals surface area contributed by atoms with Gasteiger partial charge in [-0.25, -0.2) is 0 Å². The lowest BCUT2D eigenvalue weighted by atomic mass is 10.2. The lowest BCUT2D eigenvalue weighted by molar-refractivity contribution is 0.345. The summed E-state index contributed by atoms with van der Waals surface area (Å²) in [5.74, 6) is 2.09. The first-order valence-electron chi connectivity index (χ1n) is 5.46. The van der Waals surface area contributed by atoms with Gasteiger partial charge < -0.3 is 14.3 Å². The first-order chi connectivity index (χ1) is 7.84. The van der Waals surface area contributed by atoms with Gasteiger partial charge >= 0.3 is 0 Å². The van der Waals surface area contributed by atoms with Crippen LogP contribution in [0.5, 0.6) is 0 Å². The zero-order chi connectivity index (χ0) is 11.0. The van der Waals surface area contributed by atoms with Crippen LogP contribution in [0.2, 0.25) is 0 Å². The number of nitrogens with one attached hydrogen (secondary N) is 1. The molecule has 0 aromatic carbocycles. The molecular formula is C11H13N3O2. The zero-order valence-electron chi connectivity index (χ0n) is 9.06. The SMILES string of the molecule is Cc1occc1-c1noc(C2CCCN2)n1. The number of hydrogen-bond donors (Lipinski definition) is 1. The molecule has 3 heterocycles. The van der Waals surface area contributed by atoms with Gasteiger partial charge in [0, 0.05) is 0 Å². The molecule has 0 spiro atoms. The van der Waals surface area contributed by atoms with E-state index in [-0.39, 0.29) is 6.04 Å². The molecule has 0 amide bonds. The second-order valence-electron chi connectivity index (χ2n) is 4.00. The minimum Gasteiger partial charge on any atom is -0.469 e. The van der Waals surface area contributed by atoms with Crippen LogP contribution in [-0.4, -0.2) is 16.7 Å². The number of rotatable bonds is 2. The molecule has 1 aliphatic rings. The first-order valence-corrected chi connectivity index (χ1v) is 5.46. The lowest BCUT2D eigenvalue weighted by Gasteiger charge is -2.01. The minimum absolute atomic E-state index is 0.216. The molecule has 84 valence electrons. The van der Waals surface area contributed by atoms with E-state index in [2.05, 4.69) is 15.5 Å². The maximum absolute atomic E-state index is 5.26. The quantitative estimate of drug-likeness (QED) is 0.837. The highest BCUT2D eigenvalue weighted by Crippen LogP contribution is 2.26. The summed E-state index contributed by atoms with van der Waals surface area (Å²) in [6.45, 7) is 2.91. The number of aryl methyl sites for hydroxylation is 1. The number of furan rings is 1. The normalized spacial score (nSPS) is 20.4. The topological polar surface area (TPSA) is 64.1 Å². The molecule has 1 N–H and O–H groups in total. The van der Waals surface area contributed by atoms with E-state index < -0.39 is 0 Å². The van der Waals surface area contributed by atoms with Crippen LogP contribution in [0.4, 0.5) is 0 Å². The largest absolute Gasteiger partial charge is 0.469 e. The predicted molar refractivity (Wildman–Crippen MR) is 56.7 cm³/mol. The van der Waals surface area contributed by atoms with Crippen LogP contribution < -0.4 is 5.32 Å². The molecule has 5 heteroatoms. The Labute approximate surface area is 92.8 Å². The number of nitrogens with zero attached hydrogens (tertiary/aromatic N) is 2. The summed E-state index contributed by atoms with van der Waals surface area (Å²) >= 11 is 0. The standard InChI is InChI=1S/C11H13N3O2/c1-7-8(4-6-15-7)10-13-11(16-14-10)9-3-2-5-12-9/h4,6,9,12H,2-3,5H2,1H3. The second kappa shape index (κ2) is 3.75. The molecule has 5 nitrogen and oxygen atoms in total. The highest BCUT2D eigenvalue weighted by molar-refractivity contribution is 5.56. The van der Waals surface area contributed by atoms with E-state index in [1.165, 1.54) is 0 Å². The van der Waals surface area contributed by atoms with Gasteiger partial charge in [-0.15, -0.1) is 0 Å². The van der Waals surface area contributed by atoms with Crippen molar-refractivity contribution in [2.45, 2.75) is 25.8 Å². The summed E-state index contributed by atoms with van der Waals surface area (Å²) in [6, 6.07) is 2.07. The van der Waals surface area contributed by atoms with Crippen LogP contribution in [0, 0.1) is 6.92 Å². The molecule has 0 bridgehead atoms. The van der Waals surface area contributed by atoms with E-state index in [0.717, 1.165) is 30.7 Å². The van der Waals surface area contributed by atoms with Gasteiger partial charge in [-0.3, -0.25) is 0 Å². The van der Waals surface area contributed by atoms with E-state index >= 15 is 0 Å². The molecule has 16 heavy (non-hydrogen) atoms. The maximum atomic E-state index is 5.26. The average molecular weight is 219 g/mol. The molecule has 0 saturated carbocycles. The van der Waals surface area contributed by atoms with Gasteiger partial charge in [-0.2, -0.15) is 4.98 Å². The fourth-order valence-corrected chi connectivity index (χ4v) is 2.00. The lowest BCUT2D eigenvalue weighted by Crippen LogP contribution is -2.12. The molecular weight excluding hydrogens is 206 g/mol. The number of aromatic nitrogens is 2. The third-order valence-electron chi connectivity index (χ3n) is 2.90. The molecule has 2 aromatic heterocycles. The van der Waals surface area contributed by atoms with Crippen molar-refractivity contribution < 1.29 is 8.94 Å². The van der Waals surface area contributed by atoms with Crippen molar-refractivity contribution in [3.05, 3.63) is 24.0 Å². The van der Waals surface area contributed by atoms with Crippen molar-refractivity contribution in [2.75, 3.05) is 6.54 Å². The summed E-state index contributed by atoms with van der Waals surface area (Å²) in [6.07, 6.45) is 3.85. The Hall–Kier alpha value is -1.62. The van der Waals surface area contributed by atoms with E-state index in [0.29, 0.717) is 11.7 Å². The summed E-state index contributed by atoms with van der Waals surface area (Å²) in [5.41, 5.74) is 0.896. The fourth-order valence-electron chi connectivity index (χ4n) is 2.00. The Bertz CT molecular complexity index is 483. The Kier molecular flexibility index (Phi) is 2.25. The smallest absolute Gasteiger partial charge is 0.244 e. The third kappa shape index (κ3) is 1.53. The van der Waals surface area contributed by atoms with Crippen molar-refractivity contribution in [1.29, 1.82) is 0 Å². The van der Waals surface area contributed by atoms with Crippen molar-refractivity contribution in [2.24, 2.45) is 0 Å². The van der Waals surface area contributed by atoms with Gasteiger partial charge in [0.05, 0.1) is 17.9 Å². The molecule has 0 radical (unpaired) electrons. The van der Waals surface area contributed by atoms with Gasteiger partial charge in [0.25, 0.3) is 0 Å². The second-order valence-corrected chi connectivity index (χ2v) is 4.00. The summed E-state index contributed by atoms with van der Waals surface area (Å²) < 4.78 is 10.5. The molecule has 1 saturated heterocycles. The Balaban J connectivity index is 1.90. The third-order valence-corrected chi connectivity index (χ3v) is 2.90. The molecule has 1 atom stereocenters. The Morgan fingerprint density at radius 3 is 3.12 bits per heavy atom. The zero-order valence-corrected chi connectivity index (χ0v) is 9.06. The van der Waals surface area contributed by atoms with Crippen LogP contribution >= 0.6 is 0 Å². The van der Waals surface area contributed by atoms with Gasteiger partial charge in [0.15, 0.2) is 0 Å². The van der Waals surface area contributed by atoms with Crippen LogP contribution in [0.15, 0.2) is 21.3 Å². The van der Waals surface area contributed by atoms with Crippen molar-refractivity contribution in [3.8, 4) is 11.4 Å². The van der Waals surface area contributed by atoms with E-state index in [4.69, 9.17) is 8.94 Å². The molecule has 1 fully saturated rings. The van der Waals surface area contributed by atoms with Crippen molar-refractivity contribution in [1.82, 2.24) is 15.5 Å². The van der Waals surface area contributed by atoms with Gasteiger partial charge in [-0.1, -0.05) is 5.16 Å². The molecule has 3 rings (SSSR count). The van der Waals surface area contributed by atoms with Gasteiger partial charge in [0.2, 0.25) is 11.7 Å². The van der Waals surface area contributed by atoms with E-state index in [1.807, 2.05) is 13.0 Å². The minimum atomic E-state index is 0.216. The van der Waals surface area contributed by atoms with Crippen LogP contribution in [-0.2, 0) is 0 Å². The molecule has 0 aliphatic carbocycles. The Morgan fingerprint density at radius 2 is 2.44 bits per heavy atom. The molecule has 2 aromatic rings. The summed E-state index contributed by atoms with van der Waals surface area (Å²) in [7, 11) is 0. The average Bonchev–Trinajstić information content (AvgIpc) is 2.96. The molecule has 1 unspecified atom stereocenters. The predicted octanol–water partition coefficient (Wildman–Crippen LogP) is 2.06. The van der Waals surface area contributed by atoms with Crippen molar-refractivity contribution in [3.63, 3.8) is 0 Å². The van der Waals surface area contributed by atoms with Gasteiger partial charge in [-0.05, 0) is 32.4 Å². The summed E-state index contributed by atoms with van der Waals surface area (Å²) in [5, 5.41) is 7.30. The Morgan fingerprint density at radius 1 is 1.50 bits per heavy atom. The van der Waals surface area contributed by atoms with Crippen LogP contribution in [0.1, 0.15) is 30.5 Å². The molecule has 1 aliphatic heterocycles. The number of hydrogen-bond acceptors (Lipinski definition) is 5. The van der Waals surface area contributed by atoms with Crippen LogP contribution in [0.3, 0.4) is 0 Å². The van der Waals surface area contributed by atoms with Crippen LogP contribution in [0.25, 0.3) is 11.4 Å². The highest BCUT2D eigenvalue weighted by atomic mass is 16.5.